The second-order valence-electron chi connectivity index (χ2n) is 7.41. The van der Waals surface area contributed by atoms with Crippen LogP contribution >= 0.6 is 0 Å². The second kappa shape index (κ2) is 8.16. The number of benzene rings is 1. The first-order chi connectivity index (χ1) is 14.0. The van der Waals surface area contributed by atoms with Crippen LogP contribution in [-0.2, 0) is 14.8 Å². The molecule has 2 aliphatic rings. The van der Waals surface area contributed by atoms with Crippen LogP contribution in [0.15, 0.2) is 17.0 Å². The molecule has 1 fully saturated rings. The van der Waals surface area contributed by atoms with E-state index in [1.54, 1.807) is 6.92 Å². The van der Waals surface area contributed by atoms with Crippen LogP contribution in [0.4, 0.5) is 19.3 Å². The minimum atomic E-state index is -4.39. The monoisotopic (exact) mass is 441 g/mol. The number of nitriles is 1. The number of rotatable bonds is 4. The van der Waals surface area contributed by atoms with Crippen LogP contribution in [0.25, 0.3) is 0 Å². The van der Waals surface area contributed by atoms with E-state index in [1.807, 2.05) is 6.07 Å². The number of anilines is 1. The van der Waals surface area contributed by atoms with E-state index in [9.17, 15) is 26.8 Å². The Hall–Kier alpha value is -2.78. The summed E-state index contributed by atoms with van der Waals surface area (Å²) in [6.45, 7) is 2.38. The van der Waals surface area contributed by atoms with Crippen LogP contribution in [0.2, 0.25) is 0 Å². The van der Waals surface area contributed by atoms with Gasteiger partial charge >= 0.3 is 6.03 Å². The van der Waals surface area contributed by atoms with Gasteiger partial charge in [0.05, 0.1) is 23.7 Å². The van der Waals surface area contributed by atoms with Crippen molar-refractivity contribution in [2.75, 3.05) is 18.4 Å². The van der Waals surface area contributed by atoms with E-state index in [4.69, 9.17) is 5.26 Å². The van der Waals surface area contributed by atoms with Crippen molar-refractivity contribution >= 4 is 27.6 Å². The number of carbonyl (C=O) groups excluding carboxylic acids is 2. The number of hydrogen-bond donors (Lipinski definition) is 3. The van der Waals surface area contributed by atoms with E-state index in [-0.39, 0.29) is 29.1 Å². The Morgan fingerprint density at radius 1 is 1.47 bits per heavy atom. The molecule has 30 heavy (non-hydrogen) atoms. The van der Waals surface area contributed by atoms with E-state index in [0.717, 1.165) is 12.1 Å². The van der Waals surface area contributed by atoms with E-state index >= 15 is 0 Å². The van der Waals surface area contributed by atoms with Gasteiger partial charge < -0.3 is 16.0 Å². The first-order valence-corrected chi connectivity index (χ1v) is 10.7. The third-order valence-corrected chi connectivity index (χ3v) is 7.09. The lowest BCUT2D eigenvalue weighted by molar-refractivity contribution is -0.121. The number of fused-ring (bicyclic) bond motifs is 1. The molecule has 2 aliphatic heterocycles. The highest BCUT2D eigenvalue weighted by atomic mass is 32.2. The zero-order valence-electron chi connectivity index (χ0n) is 16.3. The molecular formula is C18H21F2N5O4S. The summed E-state index contributed by atoms with van der Waals surface area (Å²) in [5.74, 6) is -1.98. The summed E-state index contributed by atoms with van der Waals surface area (Å²) < 4.78 is 53.9. The maximum absolute atomic E-state index is 14.3. The van der Waals surface area contributed by atoms with Crippen LogP contribution in [0.1, 0.15) is 18.9 Å². The van der Waals surface area contributed by atoms with Crippen LogP contribution in [0, 0.1) is 30.0 Å². The van der Waals surface area contributed by atoms with E-state index in [1.165, 1.54) is 6.92 Å². The fraction of sp³-hybridized carbons (Fsp3) is 0.500. The Morgan fingerprint density at radius 3 is 2.80 bits per heavy atom. The molecule has 1 aromatic carbocycles. The number of halogens is 2. The molecule has 0 aromatic heterocycles. The SMILES string of the molecule is Cc1cc(F)cc2c1S(=O)(=O)N(CC(=O)N[C@H](C)C1NCC(C#N)CC1F)C(=O)N2. The average molecular weight is 441 g/mol. The molecule has 3 N–H and O–H groups in total. The molecule has 9 nitrogen and oxygen atoms in total. The van der Waals surface area contributed by atoms with Gasteiger partial charge in [0.1, 0.15) is 23.4 Å². The lowest BCUT2D eigenvalue weighted by Gasteiger charge is -2.35. The number of nitrogens with one attached hydrogen (secondary N) is 3. The molecule has 0 radical (unpaired) electrons. The summed E-state index contributed by atoms with van der Waals surface area (Å²) in [6.07, 6.45) is -1.34. The Labute approximate surface area is 172 Å². The largest absolute Gasteiger partial charge is 0.350 e. The normalized spacial score (nSPS) is 26.2. The topological polar surface area (TPSA) is 131 Å². The van der Waals surface area contributed by atoms with Crippen molar-refractivity contribution in [2.24, 2.45) is 5.92 Å². The Balaban J connectivity index is 1.72. The number of nitrogens with zero attached hydrogens (tertiary/aromatic N) is 2. The molecule has 0 saturated carbocycles. The third-order valence-electron chi connectivity index (χ3n) is 5.15. The summed E-state index contributed by atoms with van der Waals surface area (Å²) in [5, 5.41) is 16.5. The van der Waals surface area contributed by atoms with Crippen molar-refractivity contribution in [3.63, 3.8) is 0 Å². The molecule has 0 bridgehead atoms. The van der Waals surface area contributed by atoms with Gasteiger partial charge in [0.15, 0.2) is 0 Å². The van der Waals surface area contributed by atoms with Gasteiger partial charge in [-0.25, -0.2) is 26.3 Å². The molecular weight excluding hydrogens is 420 g/mol. The van der Waals surface area contributed by atoms with Gasteiger partial charge in [0.2, 0.25) is 5.91 Å². The molecule has 3 unspecified atom stereocenters. The van der Waals surface area contributed by atoms with Gasteiger partial charge in [0.25, 0.3) is 10.0 Å². The van der Waals surface area contributed by atoms with Crippen molar-refractivity contribution in [1.82, 2.24) is 14.9 Å². The number of piperidine rings is 1. The highest BCUT2D eigenvalue weighted by molar-refractivity contribution is 7.90. The lowest BCUT2D eigenvalue weighted by atomic mass is 9.90. The van der Waals surface area contributed by atoms with E-state index < -0.39 is 58.5 Å². The summed E-state index contributed by atoms with van der Waals surface area (Å²) >= 11 is 0. The zero-order chi connectivity index (χ0) is 22.2. The van der Waals surface area contributed by atoms with Gasteiger partial charge in [-0.1, -0.05) is 0 Å². The van der Waals surface area contributed by atoms with E-state index in [0.29, 0.717) is 4.31 Å². The average Bonchev–Trinajstić information content (AvgIpc) is 2.63. The maximum atomic E-state index is 14.3. The van der Waals surface area contributed by atoms with Gasteiger partial charge in [-0.15, -0.1) is 0 Å². The quantitative estimate of drug-likeness (QED) is 0.639. The first-order valence-electron chi connectivity index (χ1n) is 9.25. The number of aryl methyl sites for hydroxylation is 1. The predicted octanol–water partition coefficient (Wildman–Crippen LogP) is 1.01. The van der Waals surface area contributed by atoms with Crippen molar-refractivity contribution in [3.05, 3.63) is 23.5 Å². The number of amides is 3. The highest BCUT2D eigenvalue weighted by Crippen LogP contribution is 2.33. The van der Waals surface area contributed by atoms with Crippen molar-refractivity contribution < 1.29 is 26.8 Å². The van der Waals surface area contributed by atoms with Crippen LogP contribution in [-0.4, -0.2) is 56.0 Å². The third kappa shape index (κ3) is 4.08. The van der Waals surface area contributed by atoms with Crippen molar-refractivity contribution in [2.45, 2.75) is 43.4 Å². The summed E-state index contributed by atoms with van der Waals surface area (Å²) in [4.78, 5) is 24.4. The molecule has 12 heteroatoms. The predicted molar refractivity (Wildman–Crippen MR) is 102 cm³/mol. The molecule has 2 heterocycles. The molecule has 4 atom stereocenters. The van der Waals surface area contributed by atoms with Crippen LogP contribution in [0.3, 0.4) is 0 Å². The smallest absolute Gasteiger partial charge is 0.336 e. The van der Waals surface area contributed by atoms with Crippen LogP contribution in [0.5, 0.6) is 0 Å². The lowest BCUT2D eigenvalue weighted by Crippen LogP contribution is -2.58. The van der Waals surface area contributed by atoms with Crippen LogP contribution < -0.4 is 16.0 Å². The first kappa shape index (κ1) is 21.9. The Kier molecular flexibility index (Phi) is 5.96. The molecule has 1 saturated heterocycles. The summed E-state index contributed by atoms with van der Waals surface area (Å²) in [5.41, 5.74) is -0.108. The highest BCUT2D eigenvalue weighted by Gasteiger charge is 2.40. The van der Waals surface area contributed by atoms with E-state index in [2.05, 4.69) is 16.0 Å². The minimum absolute atomic E-state index is 0.0317. The number of hydrogen-bond acceptors (Lipinski definition) is 6. The van der Waals surface area contributed by atoms with Gasteiger partial charge in [-0.2, -0.15) is 5.26 Å². The number of urea groups is 1. The van der Waals surface area contributed by atoms with Gasteiger partial charge in [-0.05, 0) is 38.0 Å². The molecule has 3 rings (SSSR count). The standard InChI is InChI=1S/C18H21F2N5O4S/c1-9-3-12(19)5-14-17(9)30(28,29)25(18(27)24-14)8-15(26)23-10(2)16-13(20)4-11(6-21)7-22-16/h3,5,10-11,13,16,22H,4,7-8H2,1-2H3,(H,23,26)(H,24,27)/t10-,11?,13?,16?/m1/s1. The number of carbonyl (C=O) groups is 2. The van der Waals surface area contributed by atoms with Crippen molar-refractivity contribution in [1.29, 1.82) is 5.26 Å². The fourth-order valence-corrected chi connectivity index (χ4v) is 5.36. The Morgan fingerprint density at radius 2 is 2.17 bits per heavy atom. The molecule has 3 amide bonds. The molecule has 162 valence electrons. The molecule has 0 spiro atoms. The van der Waals surface area contributed by atoms with Gasteiger partial charge in [0, 0.05) is 12.6 Å². The summed E-state index contributed by atoms with van der Waals surface area (Å²) in [7, 11) is -4.39. The zero-order valence-corrected chi connectivity index (χ0v) is 17.1. The fourth-order valence-electron chi connectivity index (χ4n) is 3.73. The molecule has 1 aromatic rings. The number of sulfonamides is 1. The van der Waals surface area contributed by atoms with Crippen molar-refractivity contribution in [3.8, 4) is 6.07 Å². The minimum Gasteiger partial charge on any atom is -0.350 e. The Bertz CT molecular complexity index is 1030. The summed E-state index contributed by atoms with van der Waals surface area (Å²) in [6, 6.07) is 1.33. The van der Waals surface area contributed by atoms with Gasteiger partial charge in [-0.3, -0.25) is 4.79 Å². The number of alkyl halides is 1. The maximum Gasteiger partial charge on any atom is 0.336 e. The second-order valence-corrected chi connectivity index (χ2v) is 9.21. The molecule has 0 aliphatic carbocycles.